The van der Waals surface area contributed by atoms with Crippen molar-refractivity contribution >= 4 is 30.8 Å². The van der Waals surface area contributed by atoms with Gasteiger partial charge in [-0.3, -0.25) is 0 Å². The summed E-state index contributed by atoms with van der Waals surface area (Å²) in [6.07, 6.45) is 1.71. The number of hydrogen-bond acceptors (Lipinski definition) is 8. The van der Waals surface area contributed by atoms with E-state index in [1.165, 1.54) is 0 Å². The fourth-order valence-electron chi connectivity index (χ4n) is 2.03. The molecule has 0 spiro atoms. The molecule has 0 aromatic carbocycles. The second kappa shape index (κ2) is 8.84. The van der Waals surface area contributed by atoms with E-state index in [0.29, 0.717) is 30.0 Å². The summed E-state index contributed by atoms with van der Waals surface area (Å²) in [6.45, 7) is 3.96. The number of aromatic nitrogens is 4. The molecule has 1 fully saturated rings. The van der Waals surface area contributed by atoms with Gasteiger partial charge in [0.1, 0.15) is 12.3 Å². The van der Waals surface area contributed by atoms with Gasteiger partial charge in [0, 0.05) is 39.5 Å². The molecule has 0 amide bonds. The van der Waals surface area contributed by atoms with E-state index in [4.69, 9.17) is 9.26 Å². The van der Waals surface area contributed by atoms with Crippen molar-refractivity contribution in [3.8, 4) is 11.5 Å². The van der Waals surface area contributed by atoms with Gasteiger partial charge in [0.25, 0.3) is 5.89 Å². The average Bonchev–Trinajstić information content (AvgIpc) is 2.97. The first-order valence-electron chi connectivity index (χ1n) is 6.47. The molecule has 0 atom stereocenters. The number of hydrogen-bond donors (Lipinski definition) is 1. The van der Waals surface area contributed by atoms with Gasteiger partial charge in [-0.25, -0.2) is 9.97 Å². The number of methoxy groups -OCH3 is 1. The van der Waals surface area contributed by atoms with Crippen LogP contribution in [-0.4, -0.2) is 53.4 Å². The van der Waals surface area contributed by atoms with Gasteiger partial charge in [0.15, 0.2) is 0 Å². The molecule has 2 aromatic rings. The summed E-state index contributed by atoms with van der Waals surface area (Å²) in [5.74, 6) is 1.59. The van der Waals surface area contributed by atoms with Crippen molar-refractivity contribution in [1.82, 2.24) is 25.4 Å². The Labute approximate surface area is 140 Å². The van der Waals surface area contributed by atoms with Gasteiger partial charge in [-0.15, -0.1) is 24.8 Å². The lowest BCUT2D eigenvalue weighted by molar-refractivity contribution is 0.151. The highest BCUT2D eigenvalue weighted by molar-refractivity contribution is 5.85. The third-order valence-corrected chi connectivity index (χ3v) is 3.01. The van der Waals surface area contributed by atoms with Crippen LogP contribution < -0.4 is 10.2 Å². The van der Waals surface area contributed by atoms with E-state index in [9.17, 15) is 0 Å². The molecule has 0 unspecified atom stereocenters. The minimum absolute atomic E-state index is 0. The maximum absolute atomic E-state index is 5.07. The van der Waals surface area contributed by atoms with Gasteiger partial charge in [-0.05, 0) is 6.07 Å². The topological polar surface area (TPSA) is 89.2 Å². The molecule has 10 heteroatoms. The van der Waals surface area contributed by atoms with Crippen molar-refractivity contribution in [2.24, 2.45) is 0 Å². The molecule has 2 aromatic heterocycles. The van der Waals surface area contributed by atoms with Gasteiger partial charge in [-0.1, -0.05) is 5.16 Å². The second-order valence-corrected chi connectivity index (χ2v) is 4.42. The molecule has 0 bridgehead atoms. The van der Waals surface area contributed by atoms with Crippen LogP contribution in [0.15, 0.2) is 16.8 Å². The summed E-state index contributed by atoms with van der Waals surface area (Å²) >= 11 is 0. The quantitative estimate of drug-likeness (QED) is 0.872. The molecule has 0 saturated carbocycles. The van der Waals surface area contributed by atoms with Crippen LogP contribution in [0, 0.1) is 0 Å². The lowest BCUT2D eigenvalue weighted by Gasteiger charge is -2.27. The average molecular weight is 349 g/mol. The van der Waals surface area contributed by atoms with Gasteiger partial charge in [0.05, 0.1) is 0 Å². The Morgan fingerprint density at radius 3 is 2.77 bits per heavy atom. The van der Waals surface area contributed by atoms with Crippen LogP contribution in [-0.2, 0) is 11.3 Å². The number of nitrogens with zero attached hydrogens (tertiary/aromatic N) is 5. The van der Waals surface area contributed by atoms with Crippen LogP contribution in [0.3, 0.4) is 0 Å². The summed E-state index contributed by atoms with van der Waals surface area (Å²) in [4.78, 5) is 15.2. The van der Waals surface area contributed by atoms with Crippen molar-refractivity contribution in [3.63, 3.8) is 0 Å². The Balaban J connectivity index is 0.00000121. The SMILES string of the molecule is COCc1nc(-c2ccnc(N3CCNCC3)n2)no1.Cl.Cl. The molecule has 122 valence electrons. The minimum atomic E-state index is 0. The molecule has 8 nitrogen and oxygen atoms in total. The maximum atomic E-state index is 5.07. The smallest absolute Gasteiger partial charge is 0.252 e. The zero-order chi connectivity index (χ0) is 13.8. The van der Waals surface area contributed by atoms with Crippen molar-refractivity contribution in [2.75, 3.05) is 38.2 Å². The minimum Gasteiger partial charge on any atom is -0.375 e. The molecule has 22 heavy (non-hydrogen) atoms. The van der Waals surface area contributed by atoms with Crippen LogP contribution in [0.2, 0.25) is 0 Å². The zero-order valence-corrected chi connectivity index (χ0v) is 13.7. The second-order valence-electron chi connectivity index (χ2n) is 4.42. The van der Waals surface area contributed by atoms with Gasteiger partial charge in [0.2, 0.25) is 11.8 Å². The highest BCUT2D eigenvalue weighted by Gasteiger charge is 2.15. The molecule has 1 aliphatic rings. The fraction of sp³-hybridized carbons (Fsp3) is 0.500. The third kappa shape index (κ3) is 4.26. The van der Waals surface area contributed by atoms with Crippen LogP contribution >= 0.6 is 24.8 Å². The van der Waals surface area contributed by atoms with Crippen LogP contribution in [0.5, 0.6) is 0 Å². The van der Waals surface area contributed by atoms with E-state index in [-0.39, 0.29) is 24.8 Å². The van der Waals surface area contributed by atoms with E-state index in [1.54, 1.807) is 19.4 Å². The molecule has 0 aliphatic carbocycles. The molecule has 1 saturated heterocycles. The molecular formula is C12H18Cl2N6O2. The van der Waals surface area contributed by atoms with Crippen molar-refractivity contribution in [1.29, 1.82) is 0 Å². The Morgan fingerprint density at radius 1 is 1.27 bits per heavy atom. The van der Waals surface area contributed by atoms with E-state index in [0.717, 1.165) is 26.2 Å². The summed E-state index contributed by atoms with van der Waals surface area (Å²) in [5.41, 5.74) is 0.652. The maximum Gasteiger partial charge on any atom is 0.252 e. The summed E-state index contributed by atoms with van der Waals surface area (Å²) in [7, 11) is 1.58. The largest absolute Gasteiger partial charge is 0.375 e. The van der Waals surface area contributed by atoms with Gasteiger partial charge in [-0.2, -0.15) is 4.98 Å². The number of piperazine rings is 1. The standard InChI is InChI=1S/C12H16N6O2.2ClH/c1-19-8-10-16-11(17-20-10)9-2-3-14-12(15-9)18-6-4-13-5-7-18;;/h2-3,13H,4-8H2,1H3;2*1H. The zero-order valence-electron chi connectivity index (χ0n) is 12.1. The molecule has 0 radical (unpaired) electrons. The predicted octanol–water partition coefficient (Wildman–Crippen LogP) is 0.926. The molecule has 1 aliphatic heterocycles. The lowest BCUT2D eigenvalue weighted by Crippen LogP contribution is -2.44. The Kier molecular flexibility index (Phi) is 7.46. The normalized spacial score (nSPS) is 14.1. The molecular weight excluding hydrogens is 331 g/mol. The van der Waals surface area contributed by atoms with Gasteiger partial charge >= 0.3 is 0 Å². The Morgan fingerprint density at radius 2 is 2.05 bits per heavy atom. The van der Waals surface area contributed by atoms with Crippen LogP contribution in [0.25, 0.3) is 11.5 Å². The van der Waals surface area contributed by atoms with Gasteiger partial charge < -0.3 is 19.5 Å². The predicted molar refractivity (Wildman–Crippen MR) is 85.6 cm³/mol. The highest BCUT2D eigenvalue weighted by atomic mass is 35.5. The number of nitrogens with one attached hydrogen (secondary N) is 1. The first kappa shape index (κ1) is 18.6. The van der Waals surface area contributed by atoms with E-state index in [1.807, 2.05) is 0 Å². The number of ether oxygens (including phenoxy) is 1. The summed E-state index contributed by atoms with van der Waals surface area (Å²) < 4.78 is 10.0. The van der Waals surface area contributed by atoms with Crippen LogP contribution in [0.1, 0.15) is 5.89 Å². The van der Waals surface area contributed by atoms with Crippen molar-refractivity contribution < 1.29 is 9.26 Å². The molecule has 1 N–H and O–H groups in total. The van der Waals surface area contributed by atoms with E-state index < -0.39 is 0 Å². The summed E-state index contributed by atoms with van der Waals surface area (Å²) in [6, 6.07) is 1.77. The fourth-order valence-corrected chi connectivity index (χ4v) is 2.03. The molecule has 3 heterocycles. The monoisotopic (exact) mass is 348 g/mol. The van der Waals surface area contributed by atoms with Crippen LogP contribution in [0.4, 0.5) is 5.95 Å². The third-order valence-electron chi connectivity index (χ3n) is 3.01. The highest BCUT2D eigenvalue weighted by Crippen LogP contribution is 2.16. The van der Waals surface area contributed by atoms with E-state index >= 15 is 0 Å². The Hall–Kier alpha value is -1.48. The number of rotatable bonds is 4. The Bertz CT molecular complexity index is 576. The van der Waals surface area contributed by atoms with Crippen molar-refractivity contribution in [2.45, 2.75) is 6.61 Å². The first-order valence-corrected chi connectivity index (χ1v) is 6.47. The lowest BCUT2D eigenvalue weighted by atomic mass is 10.3. The molecule has 3 rings (SSSR count). The van der Waals surface area contributed by atoms with E-state index in [2.05, 4.69) is 30.3 Å². The first-order chi connectivity index (χ1) is 9.86. The van der Waals surface area contributed by atoms with Crippen molar-refractivity contribution in [3.05, 3.63) is 18.2 Å². The summed E-state index contributed by atoms with van der Waals surface area (Å²) in [5, 5.41) is 7.20. The number of anilines is 1. The number of halogens is 2.